The number of hydrogen-bond acceptors (Lipinski definition) is 8. The van der Waals surface area contributed by atoms with Crippen LogP contribution in [0, 0.1) is 0 Å². The number of amides is 3. The number of pyridine rings is 1. The van der Waals surface area contributed by atoms with Crippen LogP contribution in [0.4, 0.5) is 21.1 Å². The monoisotopic (exact) mass is 440 g/mol. The van der Waals surface area contributed by atoms with Gasteiger partial charge in [-0.15, -0.1) is 0 Å². The molecule has 0 bridgehead atoms. The topological polar surface area (TPSA) is 137 Å². The molecule has 32 heavy (non-hydrogen) atoms. The van der Waals surface area contributed by atoms with Crippen molar-refractivity contribution in [2.24, 2.45) is 0 Å². The summed E-state index contributed by atoms with van der Waals surface area (Å²) in [5, 5.41) is 7.92. The first-order valence-corrected chi connectivity index (χ1v) is 9.83. The second kappa shape index (κ2) is 10.9. The van der Waals surface area contributed by atoms with Gasteiger partial charge < -0.3 is 19.5 Å². The molecule has 1 aromatic carbocycles. The number of ether oxygens (including phenoxy) is 3. The summed E-state index contributed by atoms with van der Waals surface area (Å²) in [6, 6.07) is 8.19. The highest BCUT2D eigenvalue weighted by molar-refractivity contribution is 5.90. The van der Waals surface area contributed by atoms with E-state index in [1.54, 1.807) is 36.5 Å². The van der Waals surface area contributed by atoms with Crippen molar-refractivity contribution in [1.29, 1.82) is 0 Å². The first-order valence-electron chi connectivity index (χ1n) is 9.83. The van der Waals surface area contributed by atoms with E-state index in [9.17, 15) is 9.59 Å². The Kier molecular flexibility index (Phi) is 7.70. The highest BCUT2D eigenvalue weighted by Crippen LogP contribution is 2.30. The maximum atomic E-state index is 11.9. The molecule has 0 spiro atoms. The van der Waals surface area contributed by atoms with Gasteiger partial charge in [0.25, 0.3) is 0 Å². The number of nitrogens with one attached hydrogen (secondary N) is 3. The van der Waals surface area contributed by atoms with Gasteiger partial charge in [-0.05, 0) is 31.2 Å². The molecule has 0 atom stereocenters. The largest absolute Gasteiger partial charge is 0.495 e. The molecular weight excluding hydrogens is 416 g/mol. The van der Waals surface area contributed by atoms with Crippen LogP contribution >= 0.6 is 0 Å². The molecule has 11 nitrogen and oxygen atoms in total. The number of aromatic nitrogens is 3. The van der Waals surface area contributed by atoms with E-state index in [2.05, 4.69) is 30.9 Å². The fourth-order valence-corrected chi connectivity index (χ4v) is 2.75. The Bertz CT molecular complexity index is 1110. The van der Waals surface area contributed by atoms with Crippen LogP contribution in [-0.2, 0) is 9.47 Å². The van der Waals surface area contributed by atoms with Gasteiger partial charge in [-0.3, -0.25) is 15.6 Å². The molecular formula is C21H24N6O5. The Morgan fingerprint density at radius 2 is 1.88 bits per heavy atom. The van der Waals surface area contributed by atoms with E-state index in [1.165, 1.54) is 14.2 Å². The van der Waals surface area contributed by atoms with Gasteiger partial charge in [-0.25, -0.2) is 19.6 Å². The summed E-state index contributed by atoms with van der Waals surface area (Å²) in [5.74, 6) is 0.784. The van der Waals surface area contributed by atoms with E-state index in [-0.39, 0.29) is 12.6 Å². The van der Waals surface area contributed by atoms with Gasteiger partial charge in [-0.2, -0.15) is 0 Å². The Morgan fingerprint density at radius 1 is 1.03 bits per heavy atom. The highest BCUT2D eigenvalue weighted by Gasteiger charge is 2.12. The second-order valence-corrected chi connectivity index (χ2v) is 6.45. The molecule has 2 heterocycles. The lowest BCUT2D eigenvalue weighted by Crippen LogP contribution is -2.28. The third-order valence-electron chi connectivity index (χ3n) is 4.24. The minimum absolute atomic E-state index is 0.138. The maximum Gasteiger partial charge on any atom is 0.411 e. The van der Waals surface area contributed by atoms with Crippen LogP contribution in [0.5, 0.6) is 5.75 Å². The first-order chi connectivity index (χ1) is 15.5. The third-order valence-corrected chi connectivity index (χ3v) is 4.24. The standard InChI is InChI=1S/C21H24N6O5/c1-4-22-20(28)27-18-8-7-15-19(26-18)24-16(12-23-15)13-5-6-14(17(11-13)31-3)25-21(29)32-10-9-30-2/h5-8,11-12H,4,9-10H2,1-3H3,(H,25,29)(H2,22,24,26,27,28). The fraction of sp³-hybridized carbons (Fsp3) is 0.286. The molecule has 3 amide bonds. The Hall–Kier alpha value is -3.99. The number of urea groups is 1. The van der Waals surface area contributed by atoms with Crippen molar-refractivity contribution in [3.8, 4) is 17.0 Å². The fourth-order valence-electron chi connectivity index (χ4n) is 2.75. The van der Waals surface area contributed by atoms with Crippen molar-refractivity contribution in [3.05, 3.63) is 36.5 Å². The van der Waals surface area contributed by atoms with Crippen LogP contribution in [0.15, 0.2) is 36.5 Å². The number of benzene rings is 1. The summed E-state index contributed by atoms with van der Waals surface area (Å²) in [4.78, 5) is 36.9. The lowest BCUT2D eigenvalue weighted by Gasteiger charge is -2.12. The van der Waals surface area contributed by atoms with Crippen LogP contribution in [0.25, 0.3) is 22.4 Å². The van der Waals surface area contributed by atoms with Crippen molar-refractivity contribution in [2.45, 2.75) is 6.92 Å². The number of hydrogen-bond donors (Lipinski definition) is 3. The van der Waals surface area contributed by atoms with Crippen LogP contribution in [-0.4, -0.2) is 61.1 Å². The average Bonchev–Trinajstić information content (AvgIpc) is 2.79. The molecule has 0 saturated heterocycles. The summed E-state index contributed by atoms with van der Waals surface area (Å²) in [6.07, 6.45) is 0.997. The van der Waals surface area contributed by atoms with Crippen molar-refractivity contribution in [3.63, 3.8) is 0 Å². The maximum absolute atomic E-state index is 11.9. The van der Waals surface area contributed by atoms with Gasteiger partial charge in [0, 0.05) is 19.2 Å². The minimum Gasteiger partial charge on any atom is -0.495 e. The van der Waals surface area contributed by atoms with Crippen LogP contribution in [0.1, 0.15) is 6.92 Å². The molecule has 3 aromatic rings. The number of methoxy groups -OCH3 is 2. The number of carbonyl (C=O) groups excluding carboxylic acids is 2. The molecule has 168 valence electrons. The molecule has 0 aliphatic heterocycles. The van der Waals surface area contributed by atoms with Gasteiger partial charge in [0.2, 0.25) is 0 Å². The Balaban J connectivity index is 1.82. The van der Waals surface area contributed by atoms with E-state index in [1.807, 2.05) is 6.92 Å². The molecule has 0 radical (unpaired) electrons. The summed E-state index contributed by atoms with van der Waals surface area (Å²) in [7, 11) is 3.02. The zero-order valence-corrected chi connectivity index (χ0v) is 18.0. The molecule has 0 aliphatic carbocycles. The summed E-state index contributed by atoms with van der Waals surface area (Å²) < 4.78 is 15.2. The van der Waals surface area contributed by atoms with Gasteiger partial charge in [0.15, 0.2) is 5.65 Å². The molecule has 11 heteroatoms. The van der Waals surface area contributed by atoms with E-state index in [4.69, 9.17) is 14.2 Å². The van der Waals surface area contributed by atoms with Crippen LogP contribution < -0.4 is 20.7 Å². The first kappa shape index (κ1) is 22.7. The van der Waals surface area contributed by atoms with Crippen molar-refractivity contribution >= 4 is 34.8 Å². The normalized spacial score (nSPS) is 10.5. The highest BCUT2D eigenvalue weighted by atomic mass is 16.6. The summed E-state index contributed by atoms with van der Waals surface area (Å²) in [5.41, 5.74) is 2.66. The van der Waals surface area contributed by atoms with E-state index in [0.717, 1.165) is 0 Å². The molecule has 3 rings (SSSR count). The molecule has 3 N–H and O–H groups in total. The third kappa shape index (κ3) is 5.79. The van der Waals surface area contributed by atoms with Gasteiger partial charge in [0.05, 0.1) is 31.3 Å². The Morgan fingerprint density at radius 3 is 2.62 bits per heavy atom. The number of carbonyl (C=O) groups is 2. The smallest absolute Gasteiger partial charge is 0.411 e. The van der Waals surface area contributed by atoms with Gasteiger partial charge in [0.1, 0.15) is 23.7 Å². The predicted molar refractivity (Wildman–Crippen MR) is 119 cm³/mol. The number of fused-ring (bicyclic) bond motifs is 1. The quantitative estimate of drug-likeness (QED) is 0.455. The van der Waals surface area contributed by atoms with Gasteiger partial charge in [-0.1, -0.05) is 6.07 Å². The molecule has 0 saturated carbocycles. The number of rotatable bonds is 8. The zero-order chi connectivity index (χ0) is 22.9. The molecule has 0 fully saturated rings. The zero-order valence-electron chi connectivity index (χ0n) is 18.0. The van der Waals surface area contributed by atoms with Crippen molar-refractivity contribution in [2.75, 3.05) is 44.6 Å². The molecule has 0 aliphatic rings. The SMILES string of the molecule is CCNC(=O)Nc1ccc2ncc(-c3ccc(NC(=O)OCCOC)c(OC)c3)nc2n1. The predicted octanol–water partition coefficient (Wildman–Crippen LogP) is 3.04. The van der Waals surface area contributed by atoms with Crippen LogP contribution in [0.3, 0.4) is 0 Å². The van der Waals surface area contributed by atoms with Crippen LogP contribution in [0.2, 0.25) is 0 Å². The number of anilines is 2. The van der Waals surface area contributed by atoms with Gasteiger partial charge >= 0.3 is 12.1 Å². The summed E-state index contributed by atoms with van der Waals surface area (Å²) in [6.45, 7) is 2.77. The second-order valence-electron chi connectivity index (χ2n) is 6.45. The van der Waals surface area contributed by atoms with Crippen molar-refractivity contribution in [1.82, 2.24) is 20.3 Å². The van der Waals surface area contributed by atoms with Crippen molar-refractivity contribution < 1.29 is 23.8 Å². The minimum atomic E-state index is -0.616. The van der Waals surface area contributed by atoms with E-state index >= 15 is 0 Å². The lowest BCUT2D eigenvalue weighted by molar-refractivity contribution is 0.107. The molecule has 2 aromatic heterocycles. The van der Waals surface area contributed by atoms with E-state index < -0.39 is 6.09 Å². The summed E-state index contributed by atoms with van der Waals surface area (Å²) >= 11 is 0. The average molecular weight is 440 g/mol. The number of nitrogens with zero attached hydrogens (tertiary/aromatic N) is 3. The molecule has 0 unspecified atom stereocenters. The Labute approximate surface area is 184 Å². The lowest BCUT2D eigenvalue weighted by atomic mass is 10.1. The van der Waals surface area contributed by atoms with E-state index in [0.29, 0.717) is 52.8 Å².